The van der Waals surface area contributed by atoms with Crippen LogP contribution >= 0.6 is 0 Å². The Morgan fingerprint density at radius 2 is 1.26 bits per heavy atom. The number of carbonyl (C=O) groups is 6. The summed E-state index contributed by atoms with van der Waals surface area (Å²) in [6, 6.07) is 5.40. The molecule has 12 heteroatoms. The fourth-order valence-electron chi connectivity index (χ4n) is 6.83. The third-order valence-electron chi connectivity index (χ3n) is 9.79. The molecule has 2 aromatic carbocycles. The van der Waals surface area contributed by atoms with Crippen LogP contribution in [-0.2, 0) is 43.1 Å². The van der Waals surface area contributed by atoms with Crippen LogP contribution in [0.25, 0.3) is 0 Å². The predicted octanol–water partition coefficient (Wildman–Crippen LogP) is 3.39. The van der Waals surface area contributed by atoms with Gasteiger partial charge in [-0.15, -0.1) is 0 Å². The number of hydrogen-bond donors (Lipinski definition) is 2. The summed E-state index contributed by atoms with van der Waals surface area (Å²) >= 11 is 0. The van der Waals surface area contributed by atoms with Gasteiger partial charge in [0.2, 0.25) is 23.6 Å². The number of imide groups is 2. The van der Waals surface area contributed by atoms with E-state index in [4.69, 9.17) is 4.74 Å². The molecule has 0 bridgehead atoms. The first-order valence-electron chi connectivity index (χ1n) is 16.0. The summed E-state index contributed by atoms with van der Waals surface area (Å²) < 4.78 is 21.8. The van der Waals surface area contributed by atoms with Crippen molar-refractivity contribution in [3.8, 4) is 5.75 Å². The highest BCUT2D eigenvalue weighted by Gasteiger charge is 2.43. The average molecular weight is 647 g/mol. The summed E-state index contributed by atoms with van der Waals surface area (Å²) in [4.78, 5) is 78.1. The molecular weight excluding hydrogens is 607 g/mol. The summed E-state index contributed by atoms with van der Waals surface area (Å²) in [5.74, 6) is -2.92. The van der Waals surface area contributed by atoms with Crippen molar-refractivity contribution in [1.29, 1.82) is 0 Å². The number of carbonyl (C=O) groups excluding carboxylic acids is 6. The molecule has 0 radical (unpaired) electrons. The van der Waals surface area contributed by atoms with Gasteiger partial charge in [0.15, 0.2) is 0 Å². The summed E-state index contributed by atoms with van der Waals surface area (Å²) in [5, 5.41) is 4.59. The van der Waals surface area contributed by atoms with Gasteiger partial charge in [-0.2, -0.15) is 0 Å². The highest BCUT2D eigenvalue weighted by Crippen LogP contribution is 2.39. The number of amides is 6. The van der Waals surface area contributed by atoms with Crippen LogP contribution in [0.3, 0.4) is 0 Å². The van der Waals surface area contributed by atoms with Crippen molar-refractivity contribution in [2.24, 2.45) is 0 Å². The lowest BCUT2D eigenvalue weighted by molar-refractivity contribution is -0.138. The predicted molar refractivity (Wildman–Crippen MR) is 167 cm³/mol. The number of nitrogens with zero attached hydrogens (tertiary/aromatic N) is 2. The van der Waals surface area contributed by atoms with Crippen LogP contribution < -0.4 is 15.4 Å². The fraction of sp³-hybridized carbons (Fsp3) is 0.486. The fourth-order valence-corrected chi connectivity index (χ4v) is 6.83. The molecular formula is C35H39FN4O7. The van der Waals surface area contributed by atoms with Crippen LogP contribution in [0.15, 0.2) is 24.3 Å². The Kier molecular flexibility index (Phi) is 7.96. The van der Waals surface area contributed by atoms with Crippen molar-refractivity contribution in [2.45, 2.75) is 103 Å². The van der Waals surface area contributed by atoms with E-state index in [-0.39, 0.29) is 74.1 Å². The molecule has 6 amide bonds. The van der Waals surface area contributed by atoms with Crippen molar-refractivity contribution in [2.75, 3.05) is 6.61 Å². The third-order valence-corrected chi connectivity index (χ3v) is 9.79. The van der Waals surface area contributed by atoms with Crippen molar-refractivity contribution in [1.82, 2.24) is 20.4 Å². The van der Waals surface area contributed by atoms with Gasteiger partial charge in [0.25, 0.3) is 11.8 Å². The Balaban J connectivity index is 1.20. The van der Waals surface area contributed by atoms with Crippen molar-refractivity contribution in [3.63, 3.8) is 0 Å². The minimum absolute atomic E-state index is 0.0564. The molecule has 0 aromatic heterocycles. The number of hydrogen-bond acceptors (Lipinski definition) is 7. The van der Waals surface area contributed by atoms with Crippen LogP contribution in [0.4, 0.5) is 4.39 Å². The molecule has 4 heterocycles. The molecule has 6 rings (SSSR count). The minimum atomic E-state index is -0.837. The largest absolute Gasteiger partial charge is 0.493 e. The second-order valence-corrected chi connectivity index (χ2v) is 14.5. The number of rotatable bonds is 7. The lowest BCUT2D eigenvalue weighted by atomic mass is 9.80. The van der Waals surface area contributed by atoms with E-state index in [1.54, 1.807) is 6.07 Å². The van der Waals surface area contributed by atoms with Gasteiger partial charge in [-0.3, -0.25) is 39.4 Å². The van der Waals surface area contributed by atoms with Crippen molar-refractivity contribution in [3.05, 3.63) is 63.5 Å². The molecule has 0 aliphatic carbocycles. The van der Waals surface area contributed by atoms with Gasteiger partial charge in [0.1, 0.15) is 23.7 Å². The molecule has 0 saturated carbocycles. The van der Waals surface area contributed by atoms with Crippen LogP contribution in [-0.4, -0.2) is 63.9 Å². The zero-order chi connectivity index (χ0) is 34.0. The van der Waals surface area contributed by atoms with Crippen molar-refractivity contribution >= 4 is 35.4 Å². The highest BCUT2D eigenvalue weighted by molar-refractivity contribution is 6.07. The molecule has 248 valence electrons. The molecule has 11 nitrogen and oxygen atoms in total. The topological polar surface area (TPSA) is 142 Å². The van der Waals surface area contributed by atoms with Crippen LogP contribution in [0, 0.1) is 5.82 Å². The van der Waals surface area contributed by atoms with Crippen LogP contribution in [0.1, 0.15) is 110 Å². The smallest absolute Gasteiger partial charge is 0.258 e. The molecule has 2 N–H and O–H groups in total. The van der Waals surface area contributed by atoms with Crippen LogP contribution in [0.2, 0.25) is 0 Å². The quantitative estimate of drug-likeness (QED) is 0.440. The zero-order valence-electron chi connectivity index (χ0n) is 27.3. The molecule has 4 aliphatic rings. The minimum Gasteiger partial charge on any atom is -0.493 e. The molecule has 2 fully saturated rings. The van der Waals surface area contributed by atoms with Gasteiger partial charge < -0.3 is 14.5 Å². The third kappa shape index (κ3) is 5.89. The van der Waals surface area contributed by atoms with Gasteiger partial charge >= 0.3 is 0 Å². The number of halogens is 1. The first-order chi connectivity index (χ1) is 22.0. The van der Waals surface area contributed by atoms with Crippen molar-refractivity contribution < 1.29 is 37.9 Å². The van der Waals surface area contributed by atoms with Crippen LogP contribution in [0.5, 0.6) is 5.75 Å². The molecule has 2 atom stereocenters. The maximum Gasteiger partial charge on any atom is 0.258 e. The maximum absolute atomic E-state index is 15.5. The van der Waals surface area contributed by atoms with Gasteiger partial charge in [-0.05, 0) is 64.5 Å². The number of nitrogens with one attached hydrogen (secondary N) is 2. The van der Waals surface area contributed by atoms with E-state index in [0.717, 1.165) is 11.1 Å². The first-order valence-corrected chi connectivity index (χ1v) is 16.0. The van der Waals surface area contributed by atoms with E-state index < -0.39 is 41.0 Å². The number of benzene rings is 2. The standard InChI is InChI=1S/C35H39FN4O7/c1-34(2,3)20-12-19-17-40(24-7-9-27(42)38-31(24)44)33(46)29(19)25(15-20)47-11-10-35(4,5)21-13-18-16-39(32(45)28(18)22(36)14-21)23-6-8-26(41)37-30(23)43/h12-15,23-24H,6-11,16-17H2,1-5H3,(H,37,41,43)(H,38,42,44). The number of ether oxygens (including phenoxy) is 1. The molecule has 4 aliphatic heterocycles. The molecule has 2 unspecified atom stereocenters. The average Bonchev–Trinajstić information content (AvgIpc) is 3.49. The Hall–Kier alpha value is -4.61. The van der Waals surface area contributed by atoms with Gasteiger partial charge in [0.05, 0.1) is 17.7 Å². The van der Waals surface area contributed by atoms with E-state index in [9.17, 15) is 28.8 Å². The van der Waals surface area contributed by atoms with E-state index in [2.05, 4.69) is 31.4 Å². The van der Waals surface area contributed by atoms with E-state index >= 15 is 4.39 Å². The lowest BCUT2D eigenvalue weighted by Gasteiger charge is -2.29. The van der Waals surface area contributed by atoms with Gasteiger partial charge in [-0.25, -0.2) is 4.39 Å². The molecule has 0 spiro atoms. The molecule has 2 saturated heterocycles. The summed E-state index contributed by atoms with van der Waals surface area (Å²) in [7, 11) is 0. The second kappa shape index (κ2) is 11.6. The van der Waals surface area contributed by atoms with Gasteiger partial charge in [0, 0.05) is 25.9 Å². The second-order valence-electron chi connectivity index (χ2n) is 14.5. The van der Waals surface area contributed by atoms with E-state index in [0.29, 0.717) is 28.9 Å². The van der Waals surface area contributed by atoms with E-state index in [1.807, 2.05) is 26.0 Å². The molecule has 47 heavy (non-hydrogen) atoms. The summed E-state index contributed by atoms with van der Waals surface area (Å²) in [5.41, 5.74) is 2.35. The summed E-state index contributed by atoms with van der Waals surface area (Å²) in [6.45, 7) is 10.6. The maximum atomic E-state index is 15.5. The number of piperidine rings is 2. The lowest BCUT2D eigenvalue weighted by Crippen LogP contribution is -2.52. The molecule has 2 aromatic rings. The number of fused-ring (bicyclic) bond motifs is 2. The SMILES string of the molecule is CC(C)(C)c1cc2c(c(OCCC(C)(C)c3cc(F)c4c(c3)CN(C3CCC(=O)NC3=O)C4=O)c1)C(=O)N(C1CCC(=O)NC1=O)C2. The van der Waals surface area contributed by atoms with Gasteiger partial charge in [-0.1, -0.05) is 46.8 Å². The van der Waals surface area contributed by atoms with E-state index in [1.165, 1.54) is 15.9 Å². The summed E-state index contributed by atoms with van der Waals surface area (Å²) in [6.07, 6.45) is 1.16. The Morgan fingerprint density at radius 1 is 0.745 bits per heavy atom. The zero-order valence-corrected chi connectivity index (χ0v) is 27.3. The Morgan fingerprint density at radius 3 is 1.79 bits per heavy atom. The highest BCUT2D eigenvalue weighted by atomic mass is 19.1. The Labute approximate surface area is 272 Å². The monoisotopic (exact) mass is 646 g/mol. The normalized spacial score (nSPS) is 21.6. The Bertz CT molecular complexity index is 1740. The first kappa shape index (κ1) is 32.3.